The van der Waals surface area contributed by atoms with E-state index in [9.17, 15) is 8.78 Å². The first-order valence-corrected chi connectivity index (χ1v) is 4.50. The maximum absolute atomic E-state index is 13.4. The van der Waals surface area contributed by atoms with Crippen molar-refractivity contribution in [3.8, 4) is 11.4 Å². The molecule has 1 heterocycles. The van der Waals surface area contributed by atoms with E-state index in [4.69, 9.17) is 5.73 Å². The van der Waals surface area contributed by atoms with Crippen molar-refractivity contribution < 1.29 is 8.78 Å². The number of aromatic nitrogens is 3. The van der Waals surface area contributed by atoms with E-state index in [0.717, 1.165) is 18.2 Å². The predicted molar refractivity (Wildman–Crippen MR) is 54.3 cm³/mol. The SMILES string of the molecule is Cc1nc(N)nc(-c2cc(F)ccc2F)n1. The van der Waals surface area contributed by atoms with E-state index in [1.165, 1.54) is 0 Å². The second-order valence-corrected chi connectivity index (χ2v) is 3.19. The summed E-state index contributed by atoms with van der Waals surface area (Å²) in [6, 6.07) is 3.06. The van der Waals surface area contributed by atoms with Gasteiger partial charge in [-0.05, 0) is 25.1 Å². The fourth-order valence-electron chi connectivity index (χ4n) is 1.29. The highest BCUT2D eigenvalue weighted by Gasteiger charge is 2.10. The maximum Gasteiger partial charge on any atom is 0.223 e. The van der Waals surface area contributed by atoms with Crippen molar-refractivity contribution in [1.82, 2.24) is 15.0 Å². The first-order chi connectivity index (χ1) is 7.56. The van der Waals surface area contributed by atoms with Crippen LogP contribution in [-0.4, -0.2) is 15.0 Å². The summed E-state index contributed by atoms with van der Waals surface area (Å²) in [7, 11) is 0. The summed E-state index contributed by atoms with van der Waals surface area (Å²) in [5.74, 6) is -0.807. The molecule has 2 N–H and O–H groups in total. The Bertz CT molecular complexity index is 522. The molecule has 0 spiro atoms. The maximum atomic E-state index is 13.4. The van der Waals surface area contributed by atoms with E-state index in [-0.39, 0.29) is 17.3 Å². The topological polar surface area (TPSA) is 64.7 Å². The molecule has 0 amide bonds. The third-order valence-electron chi connectivity index (χ3n) is 1.93. The van der Waals surface area contributed by atoms with Crippen LogP contribution in [0.15, 0.2) is 18.2 Å². The number of nitrogen functional groups attached to an aromatic ring is 1. The molecule has 82 valence electrons. The Balaban J connectivity index is 2.62. The molecule has 0 fully saturated rings. The number of benzene rings is 1. The van der Waals surface area contributed by atoms with Crippen LogP contribution in [0.25, 0.3) is 11.4 Å². The largest absolute Gasteiger partial charge is 0.368 e. The molecule has 0 unspecified atom stereocenters. The van der Waals surface area contributed by atoms with Gasteiger partial charge in [0.2, 0.25) is 5.95 Å². The Morgan fingerprint density at radius 3 is 2.56 bits per heavy atom. The van der Waals surface area contributed by atoms with Crippen molar-refractivity contribution in [3.05, 3.63) is 35.7 Å². The minimum atomic E-state index is -0.605. The van der Waals surface area contributed by atoms with Crippen molar-refractivity contribution in [3.63, 3.8) is 0 Å². The lowest BCUT2D eigenvalue weighted by Gasteiger charge is -2.03. The summed E-state index contributed by atoms with van der Waals surface area (Å²) < 4.78 is 26.4. The summed E-state index contributed by atoms with van der Waals surface area (Å²) in [5, 5.41) is 0. The first-order valence-electron chi connectivity index (χ1n) is 4.50. The second kappa shape index (κ2) is 3.80. The molecule has 1 aromatic carbocycles. The minimum absolute atomic E-state index is 0.0221. The Morgan fingerprint density at radius 1 is 1.12 bits per heavy atom. The van der Waals surface area contributed by atoms with Crippen molar-refractivity contribution in [2.75, 3.05) is 5.73 Å². The molecule has 0 aliphatic rings. The zero-order valence-electron chi connectivity index (χ0n) is 8.41. The number of halogens is 2. The summed E-state index contributed by atoms with van der Waals surface area (Å²) in [6.07, 6.45) is 0. The molecule has 1 aromatic heterocycles. The Hall–Kier alpha value is -2.11. The van der Waals surface area contributed by atoms with Gasteiger partial charge in [0.25, 0.3) is 0 Å². The third kappa shape index (κ3) is 1.95. The summed E-state index contributed by atoms with van der Waals surface area (Å²) in [4.78, 5) is 11.4. The predicted octanol–water partition coefficient (Wildman–Crippen LogP) is 1.71. The van der Waals surface area contributed by atoms with Crippen LogP contribution in [0.3, 0.4) is 0 Å². The minimum Gasteiger partial charge on any atom is -0.368 e. The molecule has 0 aliphatic heterocycles. The highest BCUT2D eigenvalue weighted by molar-refractivity contribution is 5.56. The quantitative estimate of drug-likeness (QED) is 0.797. The fraction of sp³-hybridized carbons (Fsp3) is 0.100. The standard InChI is InChI=1S/C10H8F2N4/c1-5-14-9(16-10(13)15-5)7-4-6(11)2-3-8(7)12/h2-4H,1H3,(H2,13,14,15,16). The molecule has 2 aromatic rings. The van der Waals surface area contributed by atoms with Gasteiger partial charge in [0, 0.05) is 0 Å². The van der Waals surface area contributed by atoms with Gasteiger partial charge < -0.3 is 5.73 Å². The molecule has 6 heteroatoms. The van der Waals surface area contributed by atoms with Gasteiger partial charge in [-0.15, -0.1) is 0 Å². The molecule has 2 rings (SSSR count). The molecule has 4 nitrogen and oxygen atoms in total. The smallest absolute Gasteiger partial charge is 0.223 e. The van der Waals surface area contributed by atoms with Crippen LogP contribution in [0.5, 0.6) is 0 Å². The zero-order valence-corrected chi connectivity index (χ0v) is 8.41. The van der Waals surface area contributed by atoms with Gasteiger partial charge in [-0.3, -0.25) is 0 Å². The van der Waals surface area contributed by atoms with Gasteiger partial charge in [0.1, 0.15) is 17.5 Å². The molecular weight excluding hydrogens is 214 g/mol. The van der Waals surface area contributed by atoms with Crippen molar-refractivity contribution in [1.29, 1.82) is 0 Å². The van der Waals surface area contributed by atoms with E-state index in [2.05, 4.69) is 15.0 Å². The van der Waals surface area contributed by atoms with Crippen molar-refractivity contribution in [2.24, 2.45) is 0 Å². The number of hydrogen-bond acceptors (Lipinski definition) is 4. The van der Waals surface area contributed by atoms with Crippen molar-refractivity contribution in [2.45, 2.75) is 6.92 Å². The van der Waals surface area contributed by atoms with E-state index in [1.807, 2.05) is 0 Å². The summed E-state index contributed by atoms with van der Waals surface area (Å²) in [5.41, 5.74) is 5.38. The normalized spacial score (nSPS) is 10.4. The van der Waals surface area contributed by atoms with Crippen LogP contribution in [0.1, 0.15) is 5.82 Å². The summed E-state index contributed by atoms with van der Waals surface area (Å²) >= 11 is 0. The Kier molecular flexibility index (Phi) is 2.47. The van der Waals surface area contributed by atoms with Gasteiger partial charge in [-0.2, -0.15) is 9.97 Å². The van der Waals surface area contributed by atoms with Gasteiger partial charge >= 0.3 is 0 Å². The number of rotatable bonds is 1. The third-order valence-corrected chi connectivity index (χ3v) is 1.93. The molecular formula is C10H8F2N4. The molecule has 0 atom stereocenters. The van der Waals surface area contributed by atoms with Gasteiger partial charge in [0.05, 0.1) is 5.56 Å². The number of aryl methyl sites for hydroxylation is 1. The zero-order chi connectivity index (χ0) is 11.7. The van der Waals surface area contributed by atoms with E-state index in [1.54, 1.807) is 6.92 Å². The number of hydrogen-bond donors (Lipinski definition) is 1. The van der Waals surface area contributed by atoms with Crippen molar-refractivity contribution >= 4 is 5.95 Å². The monoisotopic (exact) mass is 222 g/mol. The van der Waals surface area contributed by atoms with Crippen LogP contribution in [-0.2, 0) is 0 Å². The van der Waals surface area contributed by atoms with Gasteiger partial charge in [0.15, 0.2) is 5.82 Å². The van der Waals surface area contributed by atoms with Crippen LogP contribution in [0, 0.1) is 18.6 Å². The average Bonchev–Trinajstić information content (AvgIpc) is 2.20. The molecule has 0 saturated carbocycles. The highest BCUT2D eigenvalue weighted by atomic mass is 19.1. The number of nitrogens with two attached hydrogens (primary N) is 1. The first kappa shape index (κ1) is 10.4. The average molecular weight is 222 g/mol. The van der Waals surface area contributed by atoms with E-state index < -0.39 is 11.6 Å². The molecule has 0 aliphatic carbocycles. The van der Waals surface area contributed by atoms with Gasteiger partial charge in [-0.1, -0.05) is 0 Å². The molecule has 0 bridgehead atoms. The van der Waals surface area contributed by atoms with Crippen LogP contribution in [0.2, 0.25) is 0 Å². The van der Waals surface area contributed by atoms with Crippen LogP contribution >= 0.6 is 0 Å². The van der Waals surface area contributed by atoms with E-state index in [0.29, 0.717) is 5.82 Å². The highest BCUT2D eigenvalue weighted by Crippen LogP contribution is 2.20. The van der Waals surface area contributed by atoms with Gasteiger partial charge in [-0.25, -0.2) is 13.8 Å². The number of anilines is 1. The van der Waals surface area contributed by atoms with Crippen LogP contribution < -0.4 is 5.73 Å². The second-order valence-electron chi connectivity index (χ2n) is 3.19. The Labute approximate surface area is 90.2 Å². The molecule has 0 saturated heterocycles. The van der Waals surface area contributed by atoms with Crippen LogP contribution in [0.4, 0.5) is 14.7 Å². The molecule has 0 radical (unpaired) electrons. The fourth-order valence-corrected chi connectivity index (χ4v) is 1.29. The van der Waals surface area contributed by atoms with E-state index >= 15 is 0 Å². The molecule has 16 heavy (non-hydrogen) atoms. The summed E-state index contributed by atoms with van der Waals surface area (Å²) in [6.45, 7) is 1.60. The lowest BCUT2D eigenvalue weighted by molar-refractivity contribution is 0.602. The Morgan fingerprint density at radius 2 is 1.88 bits per heavy atom. The lowest BCUT2D eigenvalue weighted by Crippen LogP contribution is -2.03. The number of nitrogens with zero attached hydrogens (tertiary/aromatic N) is 3. The lowest BCUT2D eigenvalue weighted by atomic mass is 10.2.